The van der Waals surface area contributed by atoms with Crippen molar-refractivity contribution in [2.75, 3.05) is 51.1 Å². The van der Waals surface area contributed by atoms with Crippen LogP contribution in [0.5, 0.6) is 0 Å². The van der Waals surface area contributed by atoms with Crippen molar-refractivity contribution in [1.29, 1.82) is 0 Å². The molecule has 0 fully saturated rings. The minimum Gasteiger partial charge on any atom is -0.354 e. The fourth-order valence-corrected chi connectivity index (χ4v) is 3.15. The molecule has 162 valence electrons. The molecule has 0 radical (unpaired) electrons. The molecular formula is C22H44N6. The Hall–Kier alpha value is -1.27. The standard InChI is InChI=1S/C22H44N6/c1-8-27(9-2)17-13-12-15-19-24-20(22(5,6)7)26-21(25-19)23-16-14-18-28(10-3)11-4/h8-18H2,1-7H3,(H,23,24,25,26). The first-order chi connectivity index (χ1) is 13.3. The number of nitrogens with one attached hydrogen (secondary N) is 1. The van der Waals surface area contributed by atoms with Gasteiger partial charge in [0.1, 0.15) is 11.6 Å². The number of nitrogens with zero attached hydrogens (tertiary/aromatic N) is 5. The van der Waals surface area contributed by atoms with Gasteiger partial charge in [0.15, 0.2) is 0 Å². The highest BCUT2D eigenvalue weighted by atomic mass is 15.2. The molecule has 1 aromatic heterocycles. The van der Waals surface area contributed by atoms with Gasteiger partial charge in [0, 0.05) is 18.4 Å². The van der Waals surface area contributed by atoms with Crippen molar-refractivity contribution in [1.82, 2.24) is 24.8 Å². The lowest BCUT2D eigenvalue weighted by Crippen LogP contribution is -2.26. The monoisotopic (exact) mass is 392 g/mol. The summed E-state index contributed by atoms with van der Waals surface area (Å²) in [5, 5.41) is 3.43. The van der Waals surface area contributed by atoms with Gasteiger partial charge < -0.3 is 15.1 Å². The van der Waals surface area contributed by atoms with Crippen LogP contribution in [0.25, 0.3) is 0 Å². The molecule has 6 heteroatoms. The second-order valence-corrected chi connectivity index (χ2v) is 8.44. The molecule has 28 heavy (non-hydrogen) atoms. The summed E-state index contributed by atoms with van der Waals surface area (Å²) in [4.78, 5) is 19.1. The molecule has 0 aliphatic rings. The smallest absolute Gasteiger partial charge is 0.226 e. The van der Waals surface area contributed by atoms with E-state index in [4.69, 9.17) is 9.97 Å². The average molecular weight is 393 g/mol. The van der Waals surface area contributed by atoms with Gasteiger partial charge in [0.25, 0.3) is 0 Å². The molecule has 0 aliphatic carbocycles. The topological polar surface area (TPSA) is 57.2 Å². The Morgan fingerprint density at radius 2 is 1.32 bits per heavy atom. The van der Waals surface area contributed by atoms with Gasteiger partial charge in [0.2, 0.25) is 5.95 Å². The second-order valence-electron chi connectivity index (χ2n) is 8.44. The maximum Gasteiger partial charge on any atom is 0.226 e. The molecule has 0 unspecified atom stereocenters. The van der Waals surface area contributed by atoms with Crippen LogP contribution in [-0.2, 0) is 11.8 Å². The molecule has 0 bridgehead atoms. The number of anilines is 1. The molecule has 1 heterocycles. The van der Waals surface area contributed by atoms with Crippen LogP contribution >= 0.6 is 0 Å². The van der Waals surface area contributed by atoms with E-state index in [0.717, 1.165) is 82.7 Å². The maximum atomic E-state index is 4.76. The molecule has 0 saturated heterocycles. The molecule has 0 amide bonds. The van der Waals surface area contributed by atoms with Gasteiger partial charge in [-0.15, -0.1) is 0 Å². The first kappa shape index (κ1) is 24.8. The van der Waals surface area contributed by atoms with Gasteiger partial charge in [0.05, 0.1) is 0 Å². The third-order valence-corrected chi connectivity index (χ3v) is 5.20. The van der Waals surface area contributed by atoms with Crippen molar-refractivity contribution < 1.29 is 0 Å². The number of rotatable bonds is 14. The lowest BCUT2D eigenvalue weighted by molar-refractivity contribution is 0.296. The van der Waals surface area contributed by atoms with Gasteiger partial charge in [-0.25, -0.2) is 4.98 Å². The lowest BCUT2D eigenvalue weighted by atomic mass is 9.96. The van der Waals surface area contributed by atoms with Gasteiger partial charge >= 0.3 is 0 Å². The van der Waals surface area contributed by atoms with E-state index in [1.54, 1.807) is 0 Å². The van der Waals surface area contributed by atoms with E-state index in [9.17, 15) is 0 Å². The Kier molecular flexibility index (Phi) is 11.5. The van der Waals surface area contributed by atoms with Crippen molar-refractivity contribution in [3.05, 3.63) is 11.6 Å². The van der Waals surface area contributed by atoms with Gasteiger partial charge in [-0.05, 0) is 58.5 Å². The minimum atomic E-state index is -0.0729. The van der Waals surface area contributed by atoms with Crippen LogP contribution < -0.4 is 5.32 Å². The molecule has 1 rings (SSSR count). The van der Waals surface area contributed by atoms with Gasteiger partial charge in [-0.3, -0.25) is 0 Å². The summed E-state index contributed by atoms with van der Waals surface area (Å²) in [5.74, 6) is 2.54. The van der Waals surface area contributed by atoms with Crippen LogP contribution in [-0.4, -0.2) is 70.6 Å². The first-order valence-electron chi connectivity index (χ1n) is 11.3. The van der Waals surface area contributed by atoms with E-state index in [1.807, 2.05) is 0 Å². The predicted molar refractivity (Wildman–Crippen MR) is 120 cm³/mol. The van der Waals surface area contributed by atoms with Crippen molar-refractivity contribution >= 4 is 5.95 Å². The van der Waals surface area contributed by atoms with Crippen LogP contribution in [0, 0.1) is 0 Å². The Labute approximate surface area is 173 Å². The van der Waals surface area contributed by atoms with Crippen molar-refractivity contribution in [3.63, 3.8) is 0 Å². The fraction of sp³-hybridized carbons (Fsp3) is 0.864. The van der Waals surface area contributed by atoms with E-state index in [2.05, 4.69) is 68.6 Å². The number of hydrogen-bond donors (Lipinski definition) is 1. The zero-order valence-electron chi connectivity index (χ0n) is 19.5. The van der Waals surface area contributed by atoms with E-state index in [0.29, 0.717) is 0 Å². The van der Waals surface area contributed by atoms with Crippen LogP contribution in [0.2, 0.25) is 0 Å². The maximum absolute atomic E-state index is 4.76. The summed E-state index contributed by atoms with van der Waals surface area (Å²) >= 11 is 0. The zero-order valence-corrected chi connectivity index (χ0v) is 19.5. The first-order valence-corrected chi connectivity index (χ1v) is 11.3. The number of aryl methyl sites for hydroxylation is 1. The minimum absolute atomic E-state index is 0.0729. The quantitative estimate of drug-likeness (QED) is 0.483. The Morgan fingerprint density at radius 3 is 1.86 bits per heavy atom. The normalized spacial score (nSPS) is 12.2. The highest BCUT2D eigenvalue weighted by molar-refractivity contribution is 5.26. The molecule has 0 spiro atoms. The fourth-order valence-electron chi connectivity index (χ4n) is 3.15. The number of aromatic nitrogens is 3. The molecular weight excluding hydrogens is 348 g/mol. The zero-order chi connectivity index (χ0) is 21.0. The molecule has 1 aromatic rings. The molecule has 0 saturated carbocycles. The van der Waals surface area contributed by atoms with Gasteiger partial charge in [-0.1, -0.05) is 48.5 Å². The third-order valence-electron chi connectivity index (χ3n) is 5.20. The average Bonchev–Trinajstić information content (AvgIpc) is 2.67. The lowest BCUT2D eigenvalue weighted by Gasteiger charge is -2.20. The van der Waals surface area contributed by atoms with Crippen LogP contribution in [0.4, 0.5) is 5.95 Å². The van der Waals surface area contributed by atoms with E-state index in [-0.39, 0.29) is 5.41 Å². The second kappa shape index (κ2) is 13.0. The van der Waals surface area contributed by atoms with Crippen LogP contribution in [0.3, 0.4) is 0 Å². The largest absolute Gasteiger partial charge is 0.354 e. The summed E-state index contributed by atoms with van der Waals surface area (Å²) < 4.78 is 0. The summed E-state index contributed by atoms with van der Waals surface area (Å²) in [7, 11) is 0. The summed E-state index contributed by atoms with van der Waals surface area (Å²) in [6.45, 7) is 23.0. The van der Waals surface area contributed by atoms with E-state index in [1.165, 1.54) is 6.42 Å². The van der Waals surface area contributed by atoms with E-state index < -0.39 is 0 Å². The van der Waals surface area contributed by atoms with Crippen molar-refractivity contribution in [3.8, 4) is 0 Å². The summed E-state index contributed by atoms with van der Waals surface area (Å²) in [6, 6.07) is 0. The Morgan fingerprint density at radius 1 is 0.750 bits per heavy atom. The Bertz CT molecular complexity index is 494. The molecule has 0 aliphatic heterocycles. The number of unbranched alkanes of at least 4 members (excludes halogenated alkanes) is 1. The molecule has 1 N–H and O–H groups in total. The molecule has 6 nitrogen and oxygen atoms in total. The van der Waals surface area contributed by atoms with Crippen LogP contribution in [0.15, 0.2) is 0 Å². The third kappa shape index (κ3) is 9.28. The van der Waals surface area contributed by atoms with Crippen molar-refractivity contribution in [2.24, 2.45) is 0 Å². The Balaban J connectivity index is 2.65. The van der Waals surface area contributed by atoms with E-state index >= 15 is 0 Å². The number of hydrogen-bond acceptors (Lipinski definition) is 6. The highest BCUT2D eigenvalue weighted by Crippen LogP contribution is 2.19. The highest BCUT2D eigenvalue weighted by Gasteiger charge is 2.19. The summed E-state index contributed by atoms with van der Waals surface area (Å²) in [5.41, 5.74) is -0.0729. The molecule has 0 atom stereocenters. The van der Waals surface area contributed by atoms with Crippen LogP contribution in [0.1, 0.15) is 79.4 Å². The summed E-state index contributed by atoms with van der Waals surface area (Å²) in [6.07, 6.45) is 4.31. The predicted octanol–water partition coefficient (Wildman–Crippen LogP) is 3.98. The molecule has 0 aromatic carbocycles. The van der Waals surface area contributed by atoms with Gasteiger partial charge in [-0.2, -0.15) is 9.97 Å². The van der Waals surface area contributed by atoms with Crippen molar-refractivity contribution in [2.45, 2.75) is 79.6 Å². The SMILES string of the molecule is CCN(CC)CCCCc1nc(NCCCN(CC)CC)nc(C(C)(C)C)n1.